The monoisotopic (exact) mass is 350 g/mol. The number of hydrogen-bond donors (Lipinski definition) is 2. The van der Waals surface area contributed by atoms with Gasteiger partial charge in [0.2, 0.25) is 0 Å². The van der Waals surface area contributed by atoms with Crippen molar-refractivity contribution in [3.05, 3.63) is 6.20 Å². The van der Waals surface area contributed by atoms with Crippen LogP contribution in [0.5, 0.6) is 5.88 Å². The second kappa shape index (κ2) is 7.51. The van der Waals surface area contributed by atoms with Gasteiger partial charge in [0, 0.05) is 31.2 Å². The predicted molar refractivity (Wildman–Crippen MR) is 94.6 cm³/mol. The summed E-state index contributed by atoms with van der Waals surface area (Å²) in [6, 6.07) is 2.40. The number of ether oxygens (including phenoxy) is 2. The fourth-order valence-electron chi connectivity index (χ4n) is 4.80. The number of anilines is 1. The van der Waals surface area contributed by atoms with Crippen molar-refractivity contribution in [3.8, 4) is 5.88 Å². The number of nitrogen functional groups attached to an aromatic ring is 1. The first-order chi connectivity index (χ1) is 12.3. The summed E-state index contributed by atoms with van der Waals surface area (Å²) in [4.78, 5) is 2.76. The first kappa shape index (κ1) is 17.1. The summed E-state index contributed by atoms with van der Waals surface area (Å²) in [7, 11) is 0. The SMILES string of the molecule is Nc1cn([C@H]2CC[C@H](N3C4CC[C@H]3COC4)CC2)nc1OCCCO. The fourth-order valence-corrected chi connectivity index (χ4v) is 4.80. The van der Waals surface area contributed by atoms with Crippen molar-refractivity contribution < 1.29 is 14.6 Å². The van der Waals surface area contributed by atoms with Crippen LogP contribution in [0.15, 0.2) is 6.20 Å². The highest BCUT2D eigenvalue weighted by Gasteiger charge is 2.42. The number of rotatable bonds is 6. The van der Waals surface area contributed by atoms with Gasteiger partial charge in [-0.2, -0.15) is 0 Å². The van der Waals surface area contributed by atoms with Gasteiger partial charge in [-0.1, -0.05) is 0 Å². The largest absolute Gasteiger partial charge is 0.475 e. The van der Waals surface area contributed by atoms with Crippen LogP contribution < -0.4 is 10.5 Å². The standard InChI is InChI=1S/C18H30N4O3/c19-17-10-21(20-18(17)25-9-1-8-23)13-2-4-14(5-3-13)22-15-6-7-16(22)12-24-11-15/h10,13-16,23H,1-9,11-12,19H2/t13-,14-,15-,16?/m0/s1. The molecular formula is C18H30N4O3. The van der Waals surface area contributed by atoms with E-state index in [2.05, 4.69) is 10.00 Å². The zero-order chi connectivity index (χ0) is 17.2. The number of nitrogens with zero attached hydrogens (tertiary/aromatic N) is 3. The van der Waals surface area contributed by atoms with E-state index in [1.165, 1.54) is 25.7 Å². The number of aliphatic hydroxyl groups is 1. The number of fused-ring (bicyclic) bond motifs is 2. The van der Waals surface area contributed by atoms with Crippen molar-refractivity contribution in [1.29, 1.82) is 0 Å². The minimum atomic E-state index is 0.119. The van der Waals surface area contributed by atoms with E-state index < -0.39 is 0 Å². The van der Waals surface area contributed by atoms with Crippen LogP contribution in [-0.4, -0.2) is 64.3 Å². The van der Waals surface area contributed by atoms with Crippen molar-refractivity contribution in [2.45, 2.75) is 69.1 Å². The molecular weight excluding hydrogens is 320 g/mol. The molecule has 25 heavy (non-hydrogen) atoms. The Morgan fingerprint density at radius 3 is 2.40 bits per heavy atom. The molecule has 2 saturated heterocycles. The third-order valence-corrected chi connectivity index (χ3v) is 6.02. The van der Waals surface area contributed by atoms with Crippen LogP contribution in [0.4, 0.5) is 5.69 Å². The van der Waals surface area contributed by atoms with Gasteiger partial charge in [-0.05, 0) is 38.5 Å². The first-order valence-corrected chi connectivity index (χ1v) is 9.69. The lowest BCUT2D eigenvalue weighted by Gasteiger charge is -2.43. The maximum absolute atomic E-state index is 8.85. The molecule has 2 atom stereocenters. The molecule has 140 valence electrons. The van der Waals surface area contributed by atoms with Crippen LogP contribution in [0, 0.1) is 0 Å². The quantitative estimate of drug-likeness (QED) is 0.758. The molecule has 4 rings (SSSR count). The highest BCUT2D eigenvalue weighted by atomic mass is 16.5. The summed E-state index contributed by atoms with van der Waals surface area (Å²) in [5.74, 6) is 0.502. The lowest BCUT2D eigenvalue weighted by atomic mass is 9.89. The molecule has 2 aliphatic heterocycles. The molecule has 0 aromatic carbocycles. The smallest absolute Gasteiger partial charge is 0.256 e. The van der Waals surface area contributed by atoms with E-state index >= 15 is 0 Å². The molecule has 0 amide bonds. The summed E-state index contributed by atoms with van der Waals surface area (Å²) in [5, 5.41) is 13.4. The van der Waals surface area contributed by atoms with Gasteiger partial charge in [-0.3, -0.25) is 9.58 Å². The van der Waals surface area contributed by atoms with Gasteiger partial charge in [-0.15, -0.1) is 5.10 Å². The first-order valence-electron chi connectivity index (χ1n) is 9.69. The molecule has 3 heterocycles. The van der Waals surface area contributed by atoms with Crippen LogP contribution >= 0.6 is 0 Å². The Labute approximate surface area is 149 Å². The molecule has 1 aliphatic carbocycles. The van der Waals surface area contributed by atoms with Crippen LogP contribution in [0.3, 0.4) is 0 Å². The number of aliphatic hydroxyl groups excluding tert-OH is 1. The summed E-state index contributed by atoms with van der Waals surface area (Å²) >= 11 is 0. The third kappa shape index (κ3) is 3.50. The average molecular weight is 350 g/mol. The Balaban J connectivity index is 1.33. The lowest BCUT2D eigenvalue weighted by molar-refractivity contribution is -0.0458. The highest BCUT2D eigenvalue weighted by Crippen LogP contribution is 2.38. The van der Waals surface area contributed by atoms with Crippen LogP contribution in [0.25, 0.3) is 0 Å². The zero-order valence-corrected chi connectivity index (χ0v) is 14.8. The highest BCUT2D eigenvalue weighted by molar-refractivity contribution is 5.46. The van der Waals surface area contributed by atoms with Crippen LogP contribution in [0.2, 0.25) is 0 Å². The van der Waals surface area contributed by atoms with E-state index in [4.69, 9.17) is 20.3 Å². The van der Waals surface area contributed by atoms with Gasteiger partial charge < -0.3 is 20.3 Å². The molecule has 1 unspecified atom stereocenters. The maximum Gasteiger partial charge on any atom is 0.256 e. The van der Waals surface area contributed by atoms with E-state index in [1.54, 1.807) is 0 Å². The molecule has 3 aliphatic rings. The number of aromatic nitrogens is 2. The molecule has 3 N–H and O–H groups in total. The Kier molecular flexibility index (Phi) is 5.15. The molecule has 7 nitrogen and oxygen atoms in total. The Hall–Kier alpha value is -1.31. The van der Waals surface area contributed by atoms with Gasteiger partial charge >= 0.3 is 0 Å². The average Bonchev–Trinajstić information content (AvgIpc) is 3.12. The summed E-state index contributed by atoms with van der Waals surface area (Å²) < 4.78 is 13.3. The van der Waals surface area contributed by atoms with Gasteiger partial charge in [0.15, 0.2) is 0 Å². The normalized spacial score (nSPS) is 32.8. The molecule has 3 fully saturated rings. The predicted octanol–water partition coefficient (Wildman–Crippen LogP) is 1.57. The third-order valence-electron chi connectivity index (χ3n) is 6.02. The van der Waals surface area contributed by atoms with Crippen molar-refractivity contribution in [3.63, 3.8) is 0 Å². The molecule has 1 aromatic heterocycles. The van der Waals surface area contributed by atoms with Crippen LogP contribution in [-0.2, 0) is 4.74 Å². The van der Waals surface area contributed by atoms with E-state index in [9.17, 15) is 0 Å². The maximum atomic E-state index is 8.85. The van der Waals surface area contributed by atoms with Crippen molar-refractivity contribution in [2.24, 2.45) is 0 Å². The molecule has 1 saturated carbocycles. The van der Waals surface area contributed by atoms with Gasteiger partial charge in [0.05, 0.1) is 32.1 Å². The molecule has 0 radical (unpaired) electrons. The van der Waals surface area contributed by atoms with Crippen molar-refractivity contribution in [2.75, 3.05) is 32.2 Å². The Morgan fingerprint density at radius 1 is 1.08 bits per heavy atom. The van der Waals surface area contributed by atoms with Gasteiger partial charge in [0.25, 0.3) is 5.88 Å². The Bertz CT molecular complexity index is 555. The van der Waals surface area contributed by atoms with E-state index in [-0.39, 0.29) is 6.61 Å². The fraction of sp³-hybridized carbons (Fsp3) is 0.833. The summed E-state index contributed by atoms with van der Waals surface area (Å²) in [5.41, 5.74) is 6.62. The van der Waals surface area contributed by atoms with E-state index in [0.717, 1.165) is 26.1 Å². The van der Waals surface area contributed by atoms with Crippen molar-refractivity contribution in [1.82, 2.24) is 14.7 Å². The zero-order valence-electron chi connectivity index (χ0n) is 14.8. The minimum absolute atomic E-state index is 0.119. The molecule has 1 aromatic rings. The van der Waals surface area contributed by atoms with Gasteiger partial charge in [-0.25, -0.2) is 0 Å². The number of morpholine rings is 1. The molecule has 0 spiro atoms. The topological polar surface area (TPSA) is 85.8 Å². The summed E-state index contributed by atoms with van der Waals surface area (Å²) in [6.07, 6.45) is 9.81. The summed E-state index contributed by atoms with van der Waals surface area (Å²) in [6.45, 7) is 2.40. The van der Waals surface area contributed by atoms with E-state index in [1.807, 2.05) is 10.9 Å². The van der Waals surface area contributed by atoms with E-state index in [0.29, 0.717) is 48.8 Å². The second-order valence-electron chi connectivity index (χ2n) is 7.63. The number of hydrogen-bond acceptors (Lipinski definition) is 6. The second-order valence-corrected chi connectivity index (χ2v) is 7.63. The molecule has 2 bridgehead atoms. The lowest BCUT2D eigenvalue weighted by Crippen LogP contribution is -2.52. The number of nitrogens with two attached hydrogens (primary N) is 1. The molecule has 7 heteroatoms. The van der Waals surface area contributed by atoms with Crippen LogP contribution in [0.1, 0.15) is 51.0 Å². The minimum Gasteiger partial charge on any atom is -0.475 e. The van der Waals surface area contributed by atoms with Crippen molar-refractivity contribution >= 4 is 5.69 Å². The Morgan fingerprint density at radius 2 is 1.72 bits per heavy atom. The van der Waals surface area contributed by atoms with Gasteiger partial charge in [0.1, 0.15) is 5.69 Å².